The van der Waals surface area contributed by atoms with E-state index < -0.39 is 0 Å². The summed E-state index contributed by atoms with van der Waals surface area (Å²) in [5.41, 5.74) is 3.13. The van der Waals surface area contributed by atoms with Crippen LogP contribution >= 0.6 is 22.9 Å². The maximum Gasteiger partial charge on any atom is 0.275 e. The number of carbonyl (C=O) groups is 1. The Kier molecular flexibility index (Phi) is 7.72. The van der Waals surface area contributed by atoms with Crippen LogP contribution in [0.5, 0.6) is 11.5 Å². The number of hydrogen-bond acceptors (Lipinski definition) is 6. The van der Waals surface area contributed by atoms with Gasteiger partial charge in [0.25, 0.3) is 11.5 Å². The summed E-state index contributed by atoms with van der Waals surface area (Å²) >= 11 is 7.38. The van der Waals surface area contributed by atoms with Crippen molar-refractivity contribution in [2.24, 2.45) is 0 Å². The topological polar surface area (TPSA) is 82.5 Å². The fourth-order valence-electron chi connectivity index (χ4n) is 3.96. The van der Waals surface area contributed by atoms with Crippen molar-refractivity contribution in [1.82, 2.24) is 14.9 Å². The second kappa shape index (κ2) is 11.5. The Morgan fingerprint density at radius 1 is 1.03 bits per heavy atom. The minimum absolute atomic E-state index is 0.152. The van der Waals surface area contributed by atoms with Gasteiger partial charge in [-0.15, -0.1) is 11.3 Å². The number of aromatic nitrogens is 2. The van der Waals surface area contributed by atoms with Crippen LogP contribution in [-0.4, -0.2) is 35.7 Å². The minimum Gasteiger partial charge on any atom is -0.493 e. The van der Waals surface area contributed by atoms with E-state index >= 15 is 0 Å². The van der Waals surface area contributed by atoms with Crippen LogP contribution in [0, 0.1) is 0 Å². The van der Waals surface area contributed by atoms with Crippen molar-refractivity contribution in [3.8, 4) is 27.6 Å². The molecule has 5 rings (SSSR count). The molecule has 0 aliphatic heterocycles. The molecule has 1 N–H and O–H groups in total. The van der Waals surface area contributed by atoms with Gasteiger partial charge in [-0.1, -0.05) is 54.1 Å². The van der Waals surface area contributed by atoms with Gasteiger partial charge in [-0.2, -0.15) is 0 Å². The van der Waals surface area contributed by atoms with Crippen molar-refractivity contribution < 1.29 is 14.3 Å². The standard InChI is InChI=1S/C29H24ClN3O4S/c1-36-25-15-22(11-12-24(25)37-17-27(34)31-14-13-19-5-3-2-4-6-19)33-18-32-23-16-26(38-28(23)29(33)35)20-7-9-21(30)10-8-20/h2-12,15-16,18H,13-14,17H2,1H3,(H,31,34). The van der Waals surface area contributed by atoms with Gasteiger partial charge in [0.2, 0.25) is 0 Å². The van der Waals surface area contributed by atoms with Crippen LogP contribution in [0.1, 0.15) is 5.56 Å². The Morgan fingerprint density at radius 2 is 1.82 bits per heavy atom. The summed E-state index contributed by atoms with van der Waals surface area (Å²) in [6.07, 6.45) is 2.24. The molecule has 0 saturated carbocycles. The van der Waals surface area contributed by atoms with Crippen molar-refractivity contribution in [2.45, 2.75) is 6.42 Å². The molecule has 2 heterocycles. The quantitative estimate of drug-likeness (QED) is 0.264. The van der Waals surface area contributed by atoms with Gasteiger partial charge in [-0.05, 0) is 47.9 Å². The number of halogens is 1. The van der Waals surface area contributed by atoms with Crippen molar-refractivity contribution in [3.63, 3.8) is 0 Å². The molecule has 0 radical (unpaired) electrons. The average Bonchev–Trinajstić information content (AvgIpc) is 3.38. The molecule has 0 bridgehead atoms. The Bertz CT molecular complexity index is 1630. The van der Waals surface area contributed by atoms with E-state index in [1.54, 1.807) is 18.2 Å². The van der Waals surface area contributed by atoms with Gasteiger partial charge >= 0.3 is 0 Å². The summed E-state index contributed by atoms with van der Waals surface area (Å²) in [5.74, 6) is 0.574. The number of thiophene rings is 1. The highest BCUT2D eigenvalue weighted by Crippen LogP contribution is 2.33. The van der Waals surface area contributed by atoms with Crippen LogP contribution in [0.2, 0.25) is 5.02 Å². The molecule has 0 fully saturated rings. The molecule has 0 atom stereocenters. The van der Waals surface area contributed by atoms with Gasteiger partial charge in [-0.3, -0.25) is 14.2 Å². The molecule has 7 nitrogen and oxygen atoms in total. The summed E-state index contributed by atoms with van der Waals surface area (Å²) < 4.78 is 13.2. The van der Waals surface area contributed by atoms with Crippen LogP contribution < -0.4 is 20.3 Å². The molecule has 1 amide bonds. The molecule has 0 spiro atoms. The number of hydrogen-bond donors (Lipinski definition) is 1. The minimum atomic E-state index is -0.230. The first-order valence-corrected chi connectivity index (χ1v) is 13.1. The number of rotatable bonds is 9. The maximum absolute atomic E-state index is 13.3. The maximum atomic E-state index is 13.3. The third-order valence-electron chi connectivity index (χ3n) is 5.93. The second-order valence-electron chi connectivity index (χ2n) is 8.46. The lowest BCUT2D eigenvalue weighted by molar-refractivity contribution is -0.123. The molecule has 3 aromatic carbocycles. The largest absolute Gasteiger partial charge is 0.493 e. The lowest BCUT2D eigenvalue weighted by Gasteiger charge is -2.13. The number of nitrogens with zero attached hydrogens (tertiary/aromatic N) is 2. The summed E-state index contributed by atoms with van der Waals surface area (Å²) in [6, 6.07) is 24.4. The Morgan fingerprint density at radius 3 is 2.58 bits per heavy atom. The van der Waals surface area contributed by atoms with E-state index in [2.05, 4.69) is 10.3 Å². The van der Waals surface area contributed by atoms with Gasteiger partial charge in [0.05, 0.1) is 18.3 Å². The second-order valence-corrected chi connectivity index (χ2v) is 9.95. The fourth-order valence-corrected chi connectivity index (χ4v) is 5.14. The number of methoxy groups -OCH3 is 1. The number of carbonyl (C=O) groups excluding carboxylic acids is 1. The summed E-state index contributed by atoms with van der Waals surface area (Å²) in [7, 11) is 1.51. The van der Waals surface area contributed by atoms with Crippen LogP contribution in [0.4, 0.5) is 0 Å². The van der Waals surface area contributed by atoms with Crippen LogP contribution in [0.3, 0.4) is 0 Å². The van der Waals surface area contributed by atoms with Gasteiger partial charge < -0.3 is 14.8 Å². The third-order valence-corrected chi connectivity index (χ3v) is 7.34. The predicted molar refractivity (Wildman–Crippen MR) is 151 cm³/mol. The normalized spacial score (nSPS) is 10.9. The number of fused-ring (bicyclic) bond motifs is 1. The molecular weight excluding hydrogens is 522 g/mol. The molecule has 192 valence electrons. The van der Waals surface area contributed by atoms with Gasteiger partial charge in [0, 0.05) is 22.5 Å². The van der Waals surface area contributed by atoms with Gasteiger partial charge in [0.15, 0.2) is 18.1 Å². The Labute approximate surface area is 228 Å². The number of amides is 1. The van der Waals surface area contributed by atoms with E-state index in [0.29, 0.717) is 39.0 Å². The molecular formula is C29H24ClN3O4S. The molecule has 2 aromatic heterocycles. The zero-order valence-electron chi connectivity index (χ0n) is 20.5. The monoisotopic (exact) mass is 545 g/mol. The first kappa shape index (κ1) is 25.5. The van der Waals surface area contributed by atoms with E-state index in [-0.39, 0.29) is 18.1 Å². The molecule has 0 unspecified atom stereocenters. The summed E-state index contributed by atoms with van der Waals surface area (Å²) in [5, 5.41) is 3.51. The fraction of sp³-hybridized carbons (Fsp3) is 0.138. The number of ether oxygens (including phenoxy) is 2. The molecule has 0 aliphatic carbocycles. The van der Waals surface area contributed by atoms with Crippen LogP contribution in [0.25, 0.3) is 26.3 Å². The SMILES string of the molecule is COc1cc(-n2cnc3cc(-c4ccc(Cl)cc4)sc3c2=O)ccc1OCC(=O)NCCc1ccccc1. The van der Waals surface area contributed by atoms with Crippen LogP contribution in [0.15, 0.2) is 90.0 Å². The first-order chi connectivity index (χ1) is 18.5. The number of nitrogens with one attached hydrogen (secondary N) is 1. The van der Waals surface area contributed by atoms with Gasteiger partial charge in [0.1, 0.15) is 11.0 Å². The van der Waals surface area contributed by atoms with E-state index in [1.807, 2.05) is 60.7 Å². The highest BCUT2D eigenvalue weighted by molar-refractivity contribution is 7.22. The lowest BCUT2D eigenvalue weighted by Crippen LogP contribution is -2.30. The molecule has 38 heavy (non-hydrogen) atoms. The lowest BCUT2D eigenvalue weighted by atomic mass is 10.1. The molecule has 0 aliphatic rings. The van der Waals surface area contributed by atoms with Crippen molar-refractivity contribution in [3.05, 3.63) is 106 Å². The van der Waals surface area contributed by atoms with Gasteiger partial charge in [-0.25, -0.2) is 4.98 Å². The number of benzene rings is 3. The summed E-state index contributed by atoms with van der Waals surface area (Å²) in [6.45, 7) is 0.365. The third kappa shape index (κ3) is 5.72. The van der Waals surface area contributed by atoms with E-state index in [0.717, 1.165) is 22.4 Å². The summed E-state index contributed by atoms with van der Waals surface area (Å²) in [4.78, 5) is 31.0. The zero-order valence-corrected chi connectivity index (χ0v) is 22.1. The smallest absolute Gasteiger partial charge is 0.275 e. The van der Waals surface area contributed by atoms with E-state index in [1.165, 1.54) is 29.3 Å². The van der Waals surface area contributed by atoms with E-state index in [4.69, 9.17) is 21.1 Å². The zero-order chi connectivity index (χ0) is 26.5. The van der Waals surface area contributed by atoms with E-state index in [9.17, 15) is 9.59 Å². The Hall–Kier alpha value is -4.14. The molecule has 0 saturated heterocycles. The Balaban J connectivity index is 1.29. The highest BCUT2D eigenvalue weighted by atomic mass is 35.5. The average molecular weight is 546 g/mol. The van der Waals surface area contributed by atoms with Crippen molar-refractivity contribution >= 4 is 39.1 Å². The molecule has 9 heteroatoms. The van der Waals surface area contributed by atoms with Crippen LogP contribution in [-0.2, 0) is 11.2 Å². The highest BCUT2D eigenvalue weighted by Gasteiger charge is 2.14. The van der Waals surface area contributed by atoms with Crippen molar-refractivity contribution in [2.75, 3.05) is 20.3 Å². The van der Waals surface area contributed by atoms with Crippen molar-refractivity contribution in [1.29, 1.82) is 0 Å². The predicted octanol–water partition coefficient (Wildman–Crippen LogP) is 5.51. The molecule has 5 aromatic rings. The first-order valence-electron chi connectivity index (χ1n) is 11.9.